The van der Waals surface area contributed by atoms with E-state index >= 15 is 0 Å². The van der Waals surface area contributed by atoms with Crippen LogP contribution in [-0.4, -0.2) is 50.3 Å². The number of nitrogens with zero attached hydrogens (tertiary/aromatic N) is 2. The van der Waals surface area contributed by atoms with Crippen molar-refractivity contribution in [1.29, 1.82) is 0 Å². The molecule has 1 aliphatic rings. The lowest BCUT2D eigenvalue weighted by Crippen LogP contribution is -2.47. The van der Waals surface area contributed by atoms with Crippen LogP contribution in [0.2, 0.25) is 0 Å². The highest BCUT2D eigenvalue weighted by Crippen LogP contribution is 2.20. The average molecular weight is 291 g/mol. The van der Waals surface area contributed by atoms with E-state index in [0.29, 0.717) is 0 Å². The summed E-state index contributed by atoms with van der Waals surface area (Å²) in [5.74, 6) is 0.918. The maximum atomic E-state index is 6.04. The first kappa shape index (κ1) is 16.1. The van der Waals surface area contributed by atoms with Crippen LogP contribution < -0.4 is 15.4 Å². The molecule has 0 aromatic heterocycles. The monoisotopic (exact) mass is 291 g/mol. The summed E-state index contributed by atoms with van der Waals surface area (Å²) in [5, 5.41) is 0. The van der Waals surface area contributed by atoms with Crippen LogP contribution in [0.5, 0.6) is 5.75 Å². The number of hydrogen-bond acceptors (Lipinski definition) is 4. The van der Waals surface area contributed by atoms with Gasteiger partial charge in [0.05, 0.1) is 7.11 Å². The molecule has 2 rings (SSSR count). The van der Waals surface area contributed by atoms with Gasteiger partial charge in [-0.25, -0.2) is 0 Å². The number of hydrogen-bond donors (Lipinski definition) is 1. The Balaban J connectivity index is 1.74. The van der Waals surface area contributed by atoms with E-state index in [0.717, 1.165) is 44.9 Å². The first-order valence-electron chi connectivity index (χ1n) is 7.88. The molecule has 0 saturated carbocycles. The second-order valence-corrected chi connectivity index (χ2v) is 6.62. The van der Waals surface area contributed by atoms with E-state index in [1.165, 1.54) is 12.1 Å². The third-order valence-electron chi connectivity index (χ3n) is 4.11. The molecular weight excluding hydrogens is 262 g/mol. The quantitative estimate of drug-likeness (QED) is 0.873. The predicted molar refractivity (Wildman–Crippen MR) is 89.1 cm³/mol. The van der Waals surface area contributed by atoms with Gasteiger partial charge in [-0.05, 0) is 57.5 Å². The fourth-order valence-corrected chi connectivity index (χ4v) is 2.78. The van der Waals surface area contributed by atoms with Gasteiger partial charge in [0.1, 0.15) is 5.75 Å². The largest absolute Gasteiger partial charge is 0.497 e. The van der Waals surface area contributed by atoms with Gasteiger partial charge in [-0.3, -0.25) is 4.90 Å². The lowest BCUT2D eigenvalue weighted by Gasteiger charge is -2.36. The molecule has 118 valence electrons. The molecule has 1 aromatic rings. The highest BCUT2D eigenvalue weighted by atomic mass is 16.5. The van der Waals surface area contributed by atoms with E-state index in [4.69, 9.17) is 10.5 Å². The Kier molecular flexibility index (Phi) is 5.48. The third-order valence-corrected chi connectivity index (χ3v) is 4.11. The minimum Gasteiger partial charge on any atom is -0.497 e. The van der Waals surface area contributed by atoms with E-state index in [1.807, 2.05) is 12.1 Å². The number of nitrogens with two attached hydrogens (primary N) is 1. The highest BCUT2D eigenvalue weighted by Gasteiger charge is 2.18. The van der Waals surface area contributed by atoms with Crippen LogP contribution >= 0.6 is 0 Å². The molecule has 4 nitrogen and oxygen atoms in total. The average Bonchev–Trinajstić information content (AvgIpc) is 2.47. The lowest BCUT2D eigenvalue weighted by molar-refractivity contribution is 0.245. The summed E-state index contributed by atoms with van der Waals surface area (Å²) in [6.45, 7) is 9.84. The van der Waals surface area contributed by atoms with E-state index in [9.17, 15) is 0 Å². The fourth-order valence-electron chi connectivity index (χ4n) is 2.78. The van der Waals surface area contributed by atoms with Crippen LogP contribution in [0.25, 0.3) is 0 Å². The second-order valence-electron chi connectivity index (χ2n) is 6.62. The van der Waals surface area contributed by atoms with Crippen molar-refractivity contribution in [3.05, 3.63) is 24.3 Å². The van der Waals surface area contributed by atoms with Crippen molar-refractivity contribution in [3.63, 3.8) is 0 Å². The number of methoxy groups -OCH3 is 1. The highest BCUT2D eigenvalue weighted by molar-refractivity contribution is 5.49. The maximum Gasteiger partial charge on any atom is 0.119 e. The van der Waals surface area contributed by atoms with Gasteiger partial charge in [-0.2, -0.15) is 0 Å². The standard InChI is InChI=1S/C17H29N3O/c1-17(2,18)9-4-10-19-11-13-20(14-12-19)15-5-7-16(21-3)8-6-15/h5-8H,4,9-14,18H2,1-3H3. The molecule has 0 unspecified atom stereocenters. The second kappa shape index (κ2) is 7.14. The molecular formula is C17H29N3O. The van der Waals surface area contributed by atoms with E-state index in [2.05, 4.69) is 35.8 Å². The van der Waals surface area contributed by atoms with Crippen LogP contribution in [0, 0.1) is 0 Å². The molecule has 0 spiro atoms. The zero-order valence-corrected chi connectivity index (χ0v) is 13.6. The van der Waals surface area contributed by atoms with Gasteiger partial charge in [0.25, 0.3) is 0 Å². The number of anilines is 1. The van der Waals surface area contributed by atoms with Crippen molar-refractivity contribution in [3.8, 4) is 5.75 Å². The van der Waals surface area contributed by atoms with Crippen LogP contribution in [0.15, 0.2) is 24.3 Å². The van der Waals surface area contributed by atoms with Gasteiger partial charge in [0.15, 0.2) is 0 Å². The summed E-state index contributed by atoms with van der Waals surface area (Å²) in [4.78, 5) is 4.99. The molecule has 2 N–H and O–H groups in total. The SMILES string of the molecule is COc1ccc(N2CCN(CCCC(C)(C)N)CC2)cc1. The summed E-state index contributed by atoms with van der Waals surface area (Å²) in [6, 6.07) is 8.35. The fraction of sp³-hybridized carbons (Fsp3) is 0.647. The van der Waals surface area contributed by atoms with Crippen LogP contribution in [0.4, 0.5) is 5.69 Å². The van der Waals surface area contributed by atoms with Gasteiger partial charge in [0.2, 0.25) is 0 Å². The molecule has 0 radical (unpaired) electrons. The summed E-state index contributed by atoms with van der Waals surface area (Å²) < 4.78 is 5.21. The minimum atomic E-state index is -0.0368. The Morgan fingerprint density at radius 3 is 2.24 bits per heavy atom. The Hall–Kier alpha value is -1.26. The van der Waals surface area contributed by atoms with Gasteiger partial charge in [0, 0.05) is 37.4 Å². The molecule has 1 aliphatic heterocycles. The Morgan fingerprint density at radius 2 is 1.71 bits per heavy atom. The summed E-state index contributed by atoms with van der Waals surface area (Å²) in [6.07, 6.45) is 2.28. The summed E-state index contributed by atoms with van der Waals surface area (Å²) in [7, 11) is 1.70. The van der Waals surface area contributed by atoms with Crippen LogP contribution in [0.1, 0.15) is 26.7 Å². The summed E-state index contributed by atoms with van der Waals surface area (Å²) in [5.41, 5.74) is 7.29. The van der Waals surface area contributed by atoms with Crippen LogP contribution in [-0.2, 0) is 0 Å². The van der Waals surface area contributed by atoms with Crippen molar-refractivity contribution < 1.29 is 4.74 Å². The lowest BCUT2D eigenvalue weighted by atomic mass is 10.00. The van der Waals surface area contributed by atoms with Gasteiger partial charge in [-0.15, -0.1) is 0 Å². The number of benzene rings is 1. The minimum absolute atomic E-state index is 0.0368. The first-order chi connectivity index (χ1) is 9.98. The first-order valence-corrected chi connectivity index (χ1v) is 7.88. The van der Waals surface area contributed by atoms with Gasteiger partial charge >= 0.3 is 0 Å². The molecule has 4 heteroatoms. The molecule has 0 bridgehead atoms. The summed E-state index contributed by atoms with van der Waals surface area (Å²) >= 11 is 0. The van der Waals surface area contributed by atoms with Gasteiger partial charge < -0.3 is 15.4 Å². The third kappa shape index (κ3) is 5.21. The smallest absolute Gasteiger partial charge is 0.119 e. The van der Waals surface area contributed by atoms with E-state index in [-0.39, 0.29) is 5.54 Å². The number of rotatable bonds is 6. The van der Waals surface area contributed by atoms with Crippen molar-refractivity contribution in [2.45, 2.75) is 32.2 Å². The van der Waals surface area contributed by atoms with Crippen molar-refractivity contribution in [1.82, 2.24) is 4.90 Å². The van der Waals surface area contributed by atoms with Crippen molar-refractivity contribution >= 4 is 5.69 Å². The normalized spacial score (nSPS) is 17.0. The molecule has 0 atom stereocenters. The van der Waals surface area contributed by atoms with E-state index in [1.54, 1.807) is 7.11 Å². The molecule has 0 aliphatic carbocycles. The molecule has 21 heavy (non-hydrogen) atoms. The maximum absolute atomic E-state index is 6.04. The zero-order valence-electron chi connectivity index (χ0n) is 13.6. The molecule has 1 heterocycles. The van der Waals surface area contributed by atoms with Crippen LogP contribution in [0.3, 0.4) is 0 Å². The Morgan fingerprint density at radius 1 is 1.10 bits per heavy atom. The zero-order chi connectivity index (χ0) is 15.3. The number of ether oxygens (including phenoxy) is 1. The molecule has 0 amide bonds. The topological polar surface area (TPSA) is 41.7 Å². The van der Waals surface area contributed by atoms with Crippen molar-refractivity contribution in [2.24, 2.45) is 5.73 Å². The molecule has 1 fully saturated rings. The molecule has 1 aromatic carbocycles. The van der Waals surface area contributed by atoms with E-state index < -0.39 is 0 Å². The Bertz CT molecular complexity index is 417. The van der Waals surface area contributed by atoms with Gasteiger partial charge in [-0.1, -0.05) is 0 Å². The Labute approximate surface area is 128 Å². The number of piperazine rings is 1. The predicted octanol–water partition coefficient (Wildman–Crippen LogP) is 2.33. The molecule has 1 saturated heterocycles. The van der Waals surface area contributed by atoms with Crippen molar-refractivity contribution in [2.75, 3.05) is 44.7 Å².